The second-order valence-corrected chi connectivity index (χ2v) is 4.98. The van der Waals surface area contributed by atoms with E-state index in [9.17, 15) is 4.79 Å². The van der Waals surface area contributed by atoms with E-state index >= 15 is 0 Å². The number of aromatic nitrogens is 2. The molecule has 0 aliphatic carbocycles. The molecule has 0 bridgehead atoms. The number of imidazole rings is 1. The SMILES string of the molecule is COC(=O)c1[nH]c(-c2ccccc2)nc1-c1ccccc1C. The van der Waals surface area contributed by atoms with Crippen LogP contribution in [0, 0.1) is 6.92 Å². The molecule has 110 valence electrons. The Kier molecular flexibility index (Phi) is 3.74. The summed E-state index contributed by atoms with van der Waals surface area (Å²) >= 11 is 0. The Bertz CT molecular complexity index is 807. The van der Waals surface area contributed by atoms with Crippen molar-refractivity contribution in [3.05, 3.63) is 65.9 Å². The summed E-state index contributed by atoms with van der Waals surface area (Å²) in [5.74, 6) is 0.229. The van der Waals surface area contributed by atoms with Crippen LogP contribution >= 0.6 is 0 Å². The Morgan fingerprint density at radius 2 is 1.73 bits per heavy atom. The van der Waals surface area contributed by atoms with E-state index in [-0.39, 0.29) is 0 Å². The van der Waals surface area contributed by atoms with Gasteiger partial charge in [-0.25, -0.2) is 9.78 Å². The Balaban J connectivity index is 2.19. The van der Waals surface area contributed by atoms with Crippen LogP contribution in [0.25, 0.3) is 22.6 Å². The molecule has 0 saturated carbocycles. The molecule has 1 aromatic heterocycles. The van der Waals surface area contributed by atoms with Gasteiger partial charge in [0.25, 0.3) is 0 Å². The normalized spacial score (nSPS) is 10.5. The number of H-pyrrole nitrogens is 1. The van der Waals surface area contributed by atoms with Crippen LogP contribution in [0.1, 0.15) is 16.1 Å². The maximum Gasteiger partial charge on any atom is 0.356 e. The van der Waals surface area contributed by atoms with E-state index in [1.165, 1.54) is 7.11 Å². The summed E-state index contributed by atoms with van der Waals surface area (Å²) in [5, 5.41) is 0. The fourth-order valence-electron chi connectivity index (χ4n) is 2.39. The maximum absolute atomic E-state index is 12.1. The van der Waals surface area contributed by atoms with Gasteiger partial charge in [-0.3, -0.25) is 0 Å². The third-order valence-corrected chi connectivity index (χ3v) is 3.54. The summed E-state index contributed by atoms with van der Waals surface area (Å²) in [6.45, 7) is 1.99. The van der Waals surface area contributed by atoms with Gasteiger partial charge in [0.2, 0.25) is 0 Å². The predicted octanol–water partition coefficient (Wildman–Crippen LogP) is 3.84. The summed E-state index contributed by atoms with van der Waals surface area (Å²) in [7, 11) is 1.37. The molecule has 0 unspecified atom stereocenters. The topological polar surface area (TPSA) is 55.0 Å². The molecule has 22 heavy (non-hydrogen) atoms. The number of hydrogen-bond acceptors (Lipinski definition) is 3. The molecular formula is C18H16N2O2. The fraction of sp³-hybridized carbons (Fsp3) is 0.111. The van der Waals surface area contributed by atoms with Crippen molar-refractivity contribution in [1.29, 1.82) is 0 Å². The minimum absolute atomic E-state index is 0.371. The van der Waals surface area contributed by atoms with Crippen LogP contribution in [0.3, 0.4) is 0 Å². The van der Waals surface area contributed by atoms with E-state index in [1.54, 1.807) is 0 Å². The molecular weight excluding hydrogens is 276 g/mol. The Labute approximate surface area is 128 Å². The first-order chi connectivity index (χ1) is 10.7. The van der Waals surface area contributed by atoms with E-state index in [1.807, 2.05) is 61.5 Å². The first-order valence-corrected chi connectivity index (χ1v) is 7.00. The van der Waals surface area contributed by atoms with Crippen molar-refractivity contribution in [3.63, 3.8) is 0 Å². The van der Waals surface area contributed by atoms with Crippen molar-refractivity contribution in [2.75, 3.05) is 7.11 Å². The summed E-state index contributed by atoms with van der Waals surface area (Å²) in [4.78, 5) is 19.8. The zero-order valence-corrected chi connectivity index (χ0v) is 12.5. The van der Waals surface area contributed by atoms with Gasteiger partial charge in [-0.2, -0.15) is 0 Å². The second-order valence-electron chi connectivity index (χ2n) is 4.98. The summed E-state index contributed by atoms with van der Waals surface area (Å²) in [6.07, 6.45) is 0. The summed E-state index contributed by atoms with van der Waals surface area (Å²) in [6, 6.07) is 17.5. The smallest absolute Gasteiger partial charge is 0.356 e. The van der Waals surface area contributed by atoms with Gasteiger partial charge in [0.05, 0.1) is 7.11 Å². The van der Waals surface area contributed by atoms with Crippen LogP contribution in [-0.2, 0) is 4.74 Å². The standard InChI is InChI=1S/C18H16N2O2/c1-12-8-6-7-11-14(12)15-16(18(21)22-2)20-17(19-15)13-9-4-3-5-10-13/h3-11H,1-2H3,(H,19,20). The Morgan fingerprint density at radius 1 is 1.05 bits per heavy atom. The molecule has 4 heteroatoms. The minimum atomic E-state index is -0.423. The van der Waals surface area contributed by atoms with E-state index in [2.05, 4.69) is 9.97 Å². The Hall–Kier alpha value is -2.88. The van der Waals surface area contributed by atoms with Gasteiger partial charge in [-0.1, -0.05) is 54.6 Å². The number of hydrogen-bond donors (Lipinski definition) is 1. The predicted molar refractivity (Wildman–Crippen MR) is 85.5 cm³/mol. The average molecular weight is 292 g/mol. The Morgan fingerprint density at radius 3 is 2.41 bits per heavy atom. The van der Waals surface area contributed by atoms with Crippen LogP contribution in [0.2, 0.25) is 0 Å². The van der Waals surface area contributed by atoms with E-state index < -0.39 is 5.97 Å². The molecule has 1 N–H and O–H groups in total. The van der Waals surface area contributed by atoms with Gasteiger partial charge in [0, 0.05) is 11.1 Å². The number of aromatic amines is 1. The highest BCUT2D eigenvalue weighted by molar-refractivity contribution is 5.95. The van der Waals surface area contributed by atoms with E-state index in [0.717, 1.165) is 16.7 Å². The number of aryl methyl sites for hydroxylation is 1. The third kappa shape index (κ3) is 2.51. The molecule has 2 aromatic carbocycles. The van der Waals surface area contributed by atoms with Gasteiger partial charge in [-0.05, 0) is 12.5 Å². The van der Waals surface area contributed by atoms with Crippen molar-refractivity contribution in [1.82, 2.24) is 9.97 Å². The molecule has 3 rings (SSSR count). The molecule has 0 radical (unpaired) electrons. The fourth-order valence-corrected chi connectivity index (χ4v) is 2.39. The summed E-state index contributed by atoms with van der Waals surface area (Å²) in [5.41, 5.74) is 3.88. The molecule has 0 fully saturated rings. The lowest BCUT2D eigenvalue weighted by Crippen LogP contribution is -2.04. The van der Waals surface area contributed by atoms with Crippen LogP contribution in [-0.4, -0.2) is 23.0 Å². The van der Waals surface area contributed by atoms with Crippen LogP contribution in [0.4, 0.5) is 0 Å². The number of carbonyl (C=O) groups excluding carboxylic acids is 1. The highest BCUT2D eigenvalue weighted by Crippen LogP contribution is 2.28. The van der Waals surface area contributed by atoms with Crippen LogP contribution < -0.4 is 0 Å². The average Bonchev–Trinajstić information content (AvgIpc) is 3.00. The van der Waals surface area contributed by atoms with Crippen molar-refractivity contribution >= 4 is 5.97 Å². The molecule has 0 spiro atoms. The van der Waals surface area contributed by atoms with Gasteiger partial charge in [0.1, 0.15) is 11.5 Å². The zero-order chi connectivity index (χ0) is 15.5. The van der Waals surface area contributed by atoms with E-state index in [0.29, 0.717) is 17.2 Å². The van der Waals surface area contributed by atoms with Crippen molar-refractivity contribution in [2.24, 2.45) is 0 Å². The van der Waals surface area contributed by atoms with E-state index in [4.69, 9.17) is 4.74 Å². The first kappa shape index (κ1) is 14.1. The summed E-state index contributed by atoms with van der Waals surface area (Å²) < 4.78 is 4.88. The number of methoxy groups -OCH3 is 1. The molecule has 3 aromatic rings. The lowest BCUT2D eigenvalue weighted by molar-refractivity contribution is 0.0595. The first-order valence-electron chi connectivity index (χ1n) is 7.00. The number of ether oxygens (including phenoxy) is 1. The lowest BCUT2D eigenvalue weighted by atomic mass is 10.0. The zero-order valence-electron chi connectivity index (χ0n) is 12.5. The number of carbonyl (C=O) groups is 1. The van der Waals surface area contributed by atoms with Gasteiger partial charge >= 0.3 is 5.97 Å². The van der Waals surface area contributed by atoms with Gasteiger partial charge < -0.3 is 9.72 Å². The highest BCUT2D eigenvalue weighted by Gasteiger charge is 2.20. The molecule has 0 aliphatic rings. The van der Waals surface area contributed by atoms with Crippen molar-refractivity contribution < 1.29 is 9.53 Å². The number of esters is 1. The van der Waals surface area contributed by atoms with Crippen LogP contribution in [0.5, 0.6) is 0 Å². The van der Waals surface area contributed by atoms with Crippen molar-refractivity contribution in [3.8, 4) is 22.6 Å². The third-order valence-electron chi connectivity index (χ3n) is 3.54. The number of benzene rings is 2. The quantitative estimate of drug-likeness (QED) is 0.746. The molecule has 0 saturated heterocycles. The molecule has 0 aliphatic heterocycles. The molecule has 0 amide bonds. The monoisotopic (exact) mass is 292 g/mol. The maximum atomic E-state index is 12.1. The molecule has 4 nitrogen and oxygen atoms in total. The van der Waals surface area contributed by atoms with Crippen LogP contribution in [0.15, 0.2) is 54.6 Å². The lowest BCUT2D eigenvalue weighted by Gasteiger charge is -2.04. The second kappa shape index (κ2) is 5.85. The minimum Gasteiger partial charge on any atom is -0.464 e. The molecule has 1 heterocycles. The highest BCUT2D eigenvalue weighted by atomic mass is 16.5. The molecule has 0 atom stereocenters. The number of nitrogens with zero attached hydrogens (tertiary/aromatic N) is 1. The number of nitrogens with one attached hydrogen (secondary N) is 1. The number of rotatable bonds is 3. The van der Waals surface area contributed by atoms with Gasteiger partial charge in [0.15, 0.2) is 5.69 Å². The van der Waals surface area contributed by atoms with Crippen molar-refractivity contribution in [2.45, 2.75) is 6.92 Å². The van der Waals surface area contributed by atoms with Gasteiger partial charge in [-0.15, -0.1) is 0 Å². The largest absolute Gasteiger partial charge is 0.464 e.